The van der Waals surface area contributed by atoms with Crippen LogP contribution in [0.1, 0.15) is 52.4 Å². The molecule has 1 rings (SSSR count). The zero-order valence-corrected chi connectivity index (χ0v) is 16.4. The van der Waals surface area contributed by atoms with Gasteiger partial charge in [-0.25, -0.2) is 4.79 Å². The third-order valence-corrected chi connectivity index (χ3v) is 3.60. The van der Waals surface area contributed by atoms with Gasteiger partial charge in [0, 0.05) is 30.8 Å². The highest BCUT2D eigenvalue weighted by Gasteiger charge is 2.17. The molecule has 0 fully saturated rings. The highest BCUT2D eigenvalue weighted by Crippen LogP contribution is 2.16. The molecule has 1 unspecified atom stereocenters. The van der Waals surface area contributed by atoms with Crippen molar-refractivity contribution in [2.75, 3.05) is 6.54 Å². The third-order valence-electron chi connectivity index (χ3n) is 3.35. The second-order valence-electron chi connectivity index (χ2n) is 5.82. The van der Waals surface area contributed by atoms with E-state index in [1.54, 1.807) is 24.3 Å². The summed E-state index contributed by atoms with van der Waals surface area (Å²) >= 11 is 5.76. The van der Waals surface area contributed by atoms with Crippen molar-refractivity contribution in [3.05, 3.63) is 29.3 Å². The van der Waals surface area contributed by atoms with Gasteiger partial charge in [-0.3, -0.25) is 9.59 Å². The normalized spacial score (nSPS) is 11.4. The zero-order chi connectivity index (χ0) is 20.1. The minimum atomic E-state index is -0.899. The van der Waals surface area contributed by atoms with Crippen molar-refractivity contribution in [1.82, 2.24) is 5.32 Å². The number of carbonyl (C=O) groups is 3. The Labute approximate surface area is 164 Å². The van der Waals surface area contributed by atoms with E-state index >= 15 is 0 Å². The van der Waals surface area contributed by atoms with Crippen molar-refractivity contribution in [2.24, 2.45) is 0 Å². The van der Waals surface area contributed by atoms with E-state index in [4.69, 9.17) is 25.8 Å². The molecule has 1 amide bonds. The molecule has 0 heterocycles. The molecule has 27 heavy (non-hydrogen) atoms. The lowest BCUT2D eigenvalue weighted by Gasteiger charge is -2.17. The van der Waals surface area contributed by atoms with Crippen LogP contribution in [0.5, 0.6) is 5.75 Å². The number of amides is 1. The quantitative estimate of drug-likeness (QED) is 0.259. The average molecular weight is 400 g/mol. The van der Waals surface area contributed by atoms with Crippen LogP contribution in [0.2, 0.25) is 5.02 Å². The van der Waals surface area contributed by atoms with Crippen molar-refractivity contribution >= 4 is 29.6 Å². The molecule has 8 heteroatoms. The summed E-state index contributed by atoms with van der Waals surface area (Å²) < 4.78 is 15.4. The maximum absolute atomic E-state index is 11.8. The first kappa shape index (κ1) is 22.8. The summed E-state index contributed by atoms with van der Waals surface area (Å²) in [4.78, 5) is 35.0. The molecule has 0 aliphatic rings. The Bertz CT molecular complexity index is 605. The molecule has 0 aromatic heterocycles. The first-order chi connectivity index (χ1) is 12.9. The van der Waals surface area contributed by atoms with Crippen LogP contribution in [0.25, 0.3) is 0 Å². The van der Waals surface area contributed by atoms with Crippen molar-refractivity contribution in [3.8, 4) is 5.75 Å². The van der Waals surface area contributed by atoms with Crippen LogP contribution in [0, 0.1) is 0 Å². The Morgan fingerprint density at radius 3 is 2.33 bits per heavy atom. The van der Waals surface area contributed by atoms with Crippen LogP contribution >= 0.6 is 11.6 Å². The third kappa shape index (κ3) is 10.5. The first-order valence-corrected chi connectivity index (χ1v) is 9.42. The topological polar surface area (TPSA) is 90.9 Å². The monoisotopic (exact) mass is 399 g/mol. The number of nitrogens with one attached hydrogen (secondary N) is 1. The van der Waals surface area contributed by atoms with Gasteiger partial charge in [0.2, 0.25) is 6.29 Å². The highest BCUT2D eigenvalue weighted by molar-refractivity contribution is 6.30. The van der Waals surface area contributed by atoms with Crippen molar-refractivity contribution in [1.29, 1.82) is 0 Å². The zero-order valence-electron chi connectivity index (χ0n) is 15.7. The molecular weight excluding hydrogens is 374 g/mol. The number of hydrogen-bond acceptors (Lipinski definition) is 6. The lowest BCUT2D eigenvalue weighted by Crippen LogP contribution is -2.32. The molecule has 0 aliphatic carbocycles. The molecule has 1 aromatic rings. The van der Waals surface area contributed by atoms with E-state index in [2.05, 4.69) is 5.32 Å². The smallest absolute Gasteiger partial charge is 0.410 e. The second-order valence-corrected chi connectivity index (χ2v) is 6.26. The number of benzene rings is 1. The lowest BCUT2D eigenvalue weighted by molar-refractivity contribution is -0.168. The summed E-state index contributed by atoms with van der Waals surface area (Å²) in [6.45, 7) is 3.99. The van der Waals surface area contributed by atoms with Crippen LogP contribution < -0.4 is 10.1 Å². The summed E-state index contributed by atoms with van der Waals surface area (Å²) in [5.74, 6) is -0.397. The Morgan fingerprint density at radius 1 is 1.00 bits per heavy atom. The van der Waals surface area contributed by atoms with Crippen molar-refractivity contribution in [2.45, 2.75) is 58.7 Å². The van der Waals surface area contributed by atoms with Gasteiger partial charge in [-0.1, -0.05) is 25.4 Å². The number of ether oxygens (including phenoxy) is 3. The number of alkyl carbamates (subject to hydrolysis) is 1. The van der Waals surface area contributed by atoms with Gasteiger partial charge >= 0.3 is 18.0 Å². The molecule has 1 atom stereocenters. The maximum atomic E-state index is 11.8. The molecule has 0 spiro atoms. The average Bonchev–Trinajstić information content (AvgIpc) is 2.61. The van der Waals surface area contributed by atoms with Gasteiger partial charge < -0.3 is 19.5 Å². The van der Waals surface area contributed by atoms with Gasteiger partial charge in [0.15, 0.2) is 0 Å². The van der Waals surface area contributed by atoms with Crippen LogP contribution in [-0.4, -0.2) is 30.9 Å². The molecular formula is C19H26ClNO6. The van der Waals surface area contributed by atoms with Crippen LogP contribution in [-0.2, 0) is 19.1 Å². The molecule has 0 aliphatic heterocycles. The molecule has 0 radical (unpaired) electrons. The fourth-order valence-corrected chi connectivity index (χ4v) is 2.18. The predicted octanol–water partition coefficient (Wildman–Crippen LogP) is 4.22. The van der Waals surface area contributed by atoms with Gasteiger partial charge in [0.1, 0.15) is 5.75 Å². The minimum absolute atomic E-state index is 0.132. The van der Waals surface area contributed by atoms with Gasteiger partial charge in [0.25, 0.3) is 0 Å². The van der Waals surface area contributed by atoms with Crippen molar-refractivity contribution < 1.29 is 28.6 Å². The molecule has 0 saturated carbocycles. The Hall–Kier alpha value is -2.28. The standard InChI is InChI=1S/C19H26ClNO6/c1-3-6-16(22)26-18(7-4-2)27-19(24)21-13-5-8-17(23)25-15-11-9-14(20)10-12-15/h9-12,18H,3-8,13H2,1-2H3,(H,21,24). The predicted molar refractivity (Wildman–Crippen MR) is 101 cm³/mol. The van der Waals surface area contributed by atoms with Crippen molar-refractivity contribution in [3.63, 3.8) is 0 Å². The van der Waals surface area contributed by atoms with E-state index in [-0.39, 0.29) is 19.4 Å². The van der Waals surface area contributed by atoms with Crippen LogP contribution in [0.4, 0.5) is 4.79 Å². The van der Waals surface area contributed by atoms with Crippen LogP contribution in [0.3, 0.4) is 0 Å². The molecule has 0 bridgehead atoms. The maximum Gasteiger partial charge on any atom is 0.410 e. The number of halogens is 1. The van der Waals surface area contributed by atoms with E-state index in [0.29, 0.717) is 36.5 Å². The Kier molecular flexibility index (Phi) is 10.9. The molecule has 7 nitrogen and oxygen atoms in total. The SMILES string of the molecule is CCCC(=O)OC(CCC)OC(=O)NCCCC(=O)Oc1ccc(Cl)cc1. The molecule has 1 aromatic carbocycles. The number of hydrogen-bond donors (Lipinski definition) is 1. The summed E-state index contributed by atoms with van der Waals surface area (Å²) in [6, 6.07) is 6.46. The summed E-state index contributed by atoms with van der Waals surface area (Å²) in [6.07, 6.45) is 0.997. The van der Waals surface area contributed by atoms with Gasteiger partial charge in [-0.2, -0.15) is 0 Å². The van der Waals surface area contributed by atoms with Gasteiger partial charge in [0.05, 0.1) is 0 Å². The van der Waals surface area contributed by atoms with Crippen LogP contribution in [0.15, 0.2) is 24.3 Å². The molecule has 1 N–H and O–H groups in total. The lowest BCUT2D eigenvalue weighted by atomic mass is 10.3. The van der Waals surface area contributed by atoms with E-state index in [9.17, 15) is 14.4 Å². The van der Waals surface area contributed by atoms with E-state index in [0.717, 1.165) is 0 Å². The van der Waals surface area contributed by atoms with Gasteiger partial charge in [-0.15, -0.1) is 0 Å². The van der Waals surface area contributed by atoms with E-state index < -0.39 is 24.3 Å². The van der Waals surface area contributed by atoms with Gasteiger partial charge in [-0.05, 0) is 43.5 Å². The summed E-state index contributed by atoms with van der Waals surface area (Å²) in [7, 11) is 0. The summed E-state index contributed by atoms with van der Waals surface area (Å²) in [5, 5.41) is 3.08. The Balaban J connectivity index is 2.25. The molecule has 150 valence electrons. The second kappa shape index (κ2) is 13.0. The Morgan fingerprint density at radius 2 is 1.70 bits per heavy atom. The highest BCUT2D eigenvalue weighted by atomic mass is 35.5. The number of carbonyl (C=O) groups excluding carboxylic acids is 3. The fraction of sp³-hybridized carbons (Fsp3) is 0.526. The number of rotatable bonds is 11. The fourth-order valence-electron chi connectivity index (χ4n) is 2.06. The number of esters is 2. The minimum Gasteiger partial charge on any atom is -0.427 e. The first-order valence-electron chi connectivity index (χ1n) is 9.04. The molecule has 0 saturated heterocycles. The van der Waals surface area contributed by atoms with E-state index in [1.165, 1.54) is 0 Å². The summed E-state index contributed by atoms with van der Waals surface area (Å²) in [5.41, 5.74) is 0. The van der Waals surface area contributed by atoms with E-state index in [1.807, 2.05) is 13.8 Å². The largest absolute Gasteiger partial charge is 0.427 e.